The first kappa shape index (κ1) is 18.7. The molecule has 4 rings (SSSR count). The van der Waals surface area contributed by atoms with Gasteiger partial charge in [-0.15, -0.1) is 0 Å². The lowest BCUT2D eigenvalue weighted by Crippen LogP contribution is -2.19. The minimum Gasteiger partial charge on any atom is -0.326 e. The van der Waals surface area contributed by atoms with Gasteiger partial charge in [0.15, 0.2) is 9.84 Å². The van der Waals surface area contributed by atoms with E-state index in [2.05, 4.69) is 15.7 Å². The number of nitrogens with zero attached hydrogens (tertiary/aromatic N) is 2. The first-order valence-electron chi connectivity index (χ1n) is 9.29. The Balaban J connectivity index is 1.45. The Morgan fingerprint density at radius 1 is 1.11 bits per heavy atom. The number of nitrogens with one attached hydrogen (secondary N) is 2. The van der Waals surface area contributed by atoms with Crippen LogP contribution in [0.2, 0.25) is 0 Å². The lowest BCUT2D eigenvalue weighted by molar-refractivity contribution is -0.117. The molecular weight excluding hydrogens is 380 g/mol. The molecule has 1 atom stereocenters. The van der Waals surface area contributed by atoms with Gasteiger partial charge in [-0.05, 0) is 50.5 Å². The van der Waals surface area contributed by atoms with E-state index in [1.54, 1.807) is 41.9 Å². The van der Waals surface area contributed by atoms with Crippen molar-refractivity contribution in [3.05, 3.63) is 41.6 Å². The molecule has 148 valence electrons. The largest absolute Gasteiger partial charge is 0.326 e. The molecule has 2 aliphatic rings. The third-order valence-electron chi connectivity index (χ3n) is 5.02. The van der Waals surface area contributed by atoms with Crippen LogP contribution in [0.3, 0.4) is 0 Å². The number of anilines is 2. The van der Waals surface area contributed by atoms with Gasteiger partial charge in [0.2, 0.25) is 5.91 Å². The summed E-state index contributed by atoms with van der Waals surface area (Å²) >= 11 is 0. The number of hydrogen-bond donors (Lipinski definition) is 2. The SMILES string of the molecule is Cc1cc(NC(=O)c2ccc(NC(=O)C3CC3)cc2)n(C2CCS(=O)(=O)C2)n1. The van der Waals surface area contributed by atoms with Gasteiger partial charge in [0.25, 0.3) is 5.91 Å². The van der Waals surface area contributed by atoms with Crippen molar-refractivity contribution in [2.45, 2.75) is 32.2 Å². The average Bonchev–Trinajstić information content (AvgIpc) is 3.35. The molecule has 9 heteroatoms. The van der Waals surface area contributed by atoms with Gasteiger partial charge in [-0.1, -0.05) is 0 Å². The Morgan fingerprint density at radius 3 is 2.43 bits per heavy atom. The summed E-state index contributed by atoms with van der Waals surface area (Å²) in [6, 6.07) is 8.14. The summed E-state index contributed by atoms with van der Waals surface area (Å²) in [4.78, 5) is 24.4. The fourth-order valence-electron chi connectivity index (χ4n) is 3.34. The quantitative estimate of drug-likeness (QED) is 0.796. The number of sulfone groups is 1. The zero-order chi connectivity index (χ0) is 19.9. The van der Waals surface area contributed by atoms with Crippen molar-refractivity contribution >= 4 is 33.2 Å². The number of carbonyl (C=O) groups is 2. The van der Waals surface area contributed by atoms with E-state index in [0.717, 1.165) is 12.8 Å². The van der Waals surface area contributed by atoms with Crippen molar-refractivity contribution in [3.8, 4) is 0 Å². The minimum absolute atomic E-state index is 0.0168. The van der Waals surface area contributed by atoms with Gasteiger partial charge in [-0.25, -0.2) is 13.1 Å². The average molecular weight is 402 g/mol. The zero-order valence-electron chi connectivity index (χ0n) is 15.5. The monoisotopic (exact) mass is 402 g/mol. The van der Waals surface area contributed by atoms with Crippen molar-refractivity contribution in [2.75, 3.05) is 22.1 Å². The molecule has 2 amide bonds. The molecule has 28 heavy (non-hydrogen) atoms. The van der Waals surface area contributed by atoms with Crippen LogP contribution in [-0.2, 0) is 14.6 Å². The molecule has 1 aromatic carbocycles. The second kappa shape index (κ2) is 7.05. The minimum atomic E-state index is -3.06. The number of hydrogen-bond acceptors (Lipinski definition) is 5. The standard InChI is InChI=1S/C19H22N4O4S/c1-12-10-17(23(22-12)16-8-9-28(26,27)11-16)21-19(25)14-4-6-15(7-5-14)20-18(24)13-2-3-13/h4-7,10,13,16H,2-3,8-9,11H2,1H3,(H,20,24)(H,21,25). The zero-order valence-corrected chi connectivity index (χ0v) is 16.3. The molecule has 1 aliphatic carbocycles. The lowest BCUT2D eigenvalue weighted by atomic mass is 10.2. The lowest BCUT2D eigenvalue weighted by Gasteiger charge is -2.14. The van der Waals surface area contributed by atoms with Crippen molar-refractivity contribution in [1.82, 2.24) is 9.78 Å². The summed E-state index contributed by atoms with van der Waals surface area (Å²) in [5, 5.41) is 10.0. The fraction of sp³-hybridized carbons (Fsp3) is 0.421. The van der Waals surface area contributed by atoms with Crippen LogP contribution in [0, 0.1) is 12.8 Å². The van der Waals surface area contributed by atoms with E-state index in [9.17, 15) is 18.0 Å². The molecule has 1 aliphatic heterocycles. The molecule has 1 unspecified atom stereocenters. The van der Waals surface area contributed by atoms with Gasteiger partial charge in [0.1, 0.15) is 5.82 Å². The predicted octanol–water partition coefficient (Wildman–Crippen LogP) is 2.15. The third-order valence-corrected chi connectivity index (χ3v) is 6.77. The van der Waals surface area contributed by atoms with Crippen LogP contribution in [0.5, 0.6) is 0 Å². The van der Waals surface area contributed by atoms with Gasteiger partial charge < -0.3 is 10.6 Å². The topological polar surface area (TPSA) is 110 Å². The number of rotatable bonds is 5. The molecule has 2 aromatic rings. The first-order valence-corrected chi connectivity index (χ1v) is 11.1. The van der Waals surface area contributed by atoms with E-state index in [0.29, 0.717) is 29.2 Å². The first-order chi connectivity index (χ1) is 13.3. The maximum atomic E-state index is 12.6. The highest BCUT2D eigenvalue weighted by atomic mass is 32.2. The number of amides is 2. The number of aromatic nitrogens is 2. The van der Waals surface area contributed by atoms with Crippen molar-refractivity contribution in [2.24, 2.45) is 5.92 Å². The summed E-state index contributed by atoms with van der Waals surface area (Å²) in [6.07, 6.45) is 2.35. The Kier molecular flexibility index (Phi) is 4.70. The Morgan fingerprint density at radius 2 is 1.82 bits per heavy atom. The van der Waals surface area contributed by atoms with Crippen molar-refractivity contribution in [3.63, 3.8) is 0 Å². The van der Waals surface area contributed by atoms with Gasteiger partial charge in [-0.3, -0.25) is 9.59 Å². The highest BCUT2D eigenvalue weighted by molar-refractivity contribution is 7.91. The summed E-state index contributed by atoms with van der Waals surface area (Å²) in [6.45, 7) is 1.80. The Bertz CT molecular complexity index is 1020. The molecule has 1 aromatic heterocycles. The van der Waals surface area contributed by atoms with Crippen molar-refractivity contribution in [1.29, 1.82) is 0 Å². The van der Waals surface area contributed by atoms with Crippen LogP contribution in [0.1, 0.15) is 41.4 Å². The normalized spacial score (nSPS) is 20.7. The third kappa shape index (κ3) is 4.09. The molecule has 0 spiro atoms. The summed E-state index contributed by atoms with van der Waals surface area (Å²) in [7, 11) is -3.06. The second-order valence-electron chi connectivity index (χ2n) is 7.47. The molecule has 0 radical (unpaired) electrons. The van der Waals surface area contributed by atoms with Crippen LogP contribution in [0.15, 0.2) is 30.3 Å². The van der Waals surface area contributed by atoms with Crippen LogP contribution in [0.4, 0.5) is 11.5 Å². The second-order valence-corrected chi connectivity index (χ2v) is 9.70. The molecule has 1 saturated carbocycles. The smallest absolute Gasteiger partial charge is 0.256 e. The van der Waals surface area contributed by atoms with E-state index in [1.807, 2.05) is 0 Å². The predicted molar refractivity (Wildman–Crippen MR) is 105 cm³/mol. The fourth-order valence-corrected chi connectivity index (χ4v) is 5.03. The van der Waals surface area contributed by atoms with Crippen LogP contribution >= 0.6 is 0 Å². The molecule has 0 bridgehead atoms. The number of aryl methyl sites for hydroxylation is 1. The van der Waals surface area contributed by atoms with Gasteiger partial charge in [-0.2, -0.15) is 5.10 Å². The number of benzene rings is 1. The summed E-state index contributed by atoms with van der Waals surface area (Å²) in [5.41, 5.74) is 1.80. The van der Waals surface area contributed by atoms with Gasteiger partial charge in [0, 0.05) is 23.2 Å². The van der Waals surface area contributed by atoms with E-state index in [-0.39, 0.29) is 35.3 Å². The van der Waals surface area contributed by atoms with Gasteiger partial charge >= 0.3 is 0 Å². The molecule has 2 fully saturated rings. The van der Waals surface area contributed by atoms with E-state index in [4.69, 9.17) is 0 Å². The van der Waals surface area contributed by atoms with Crippen LogP contribution in [-0.4, -0.2) is 41.5 Å². The Labute approximate surface area is 163 Å². The van der Waals surface area contributed by atoms with E-state index >= 15 is 0 Å². The molecule has 1 saturated heterocycles. The van der Waals surface area contributed by atoms with E-state index < -0.39 is 9.84 Å². The van der Waals surface area contributed by atoms with Crippen LogP contribution in [0.25, 0.3) is 0 Å². The maximum absolute atomic E-state index is 12.6. The van der Waals surface area contributed by atoms with Crippen molar-refractivity contribution < 1.29 is 18.0 Å². The van der Waals surface area contributed by atoms with Crippen LogP contribution < -0.4 is 10.6 Å². The molecular formula is C19H22N4O4S. The molecule has 8 nitrogen and oxygen atoms in total. The highest BCUT2D eigenvalue weighted by Gasteiger charge is 2.31. The molecule has 2 N–H and O–H groups in total. The highest BCUT2D eigenvalue weighted by Crippen LogP contribution is 2.30. The maximum Gasteiger partial charge on any atom is 0.256 e. The summed E-state index contributed by atoms with van der Waals surface area (Å²) in [5.74, 6) is 0.469. The van der Waals surface area contributed by atoms with E-state index in [1.165, 1.54) is 0 Å². The van der Waals surface area contributed by atoms with Gasteiger partial charge in [0.05, 0.1) is 23.2 Å². The Hall–Kier alpha value is -2.68. The number of carbonyl (C=O) groups excluding carboxylic acids is 2. The molecule has 2 heterocycles. The summed E-state index contributed by atoms with van der Waals surface area (Å²) < 4.78 is 25.1.